The molecule has 0 amide bonds. The largest absolute Gasteiger partial charge is 0.515 e. The van der Waals surface area contributed by atoms with Gasteiger partial charge in [0.1, 0.15) is 11.5 Å². The lowest BCUT2D eigenvalue weighted by atomic mass is 10.1. The van der Waals surface area contributed by atoms with Gasteiger partial charge >= 0.3 is 6.16 Å². The molecule has 0 unspecified atom stereocenters. The molecule has 0 saturated carbocycles. The first kappa shape index (κ1) is 16.9. The van der Waals surface area contributed by atoms with Gasteiger partial charge in [0.2, 0.25) is 5.88 Å². The number of ether oxygens (including phenoxy) is 3. The molecule has 0 fully saturated rings. The van der Waals surface area contributed by atoms with Crippen LogP contribution in [0.15, 0.2) is 54.7 Å². The molecule has 4 aromatic rings. The maximum Gasteiger partial charge on any atom is 0.515 e. The Morgan fingerprint density at radius 2 is 1.89 bits per heavy atom. The first-order chi connectivity index (χ1) is 13.2. The maximum absolute atomic E-state index is 11.6. The summed E-state index contributed by atoms with van der Waals surface area (Å²) in [6.45, 7) is 3.83. The van der Waals surface area contributed by atoms with Gasteiger partial charge in [0.15, 0.2) is 0 Å². The number of aromatic nitrogens is 2. The lowest BCUT2D eigenvalue weighted by Crippen LogP contribution is -2.11. The van der Waals surface area contributed by atoms with Crippen LogP contribution in [0.25, 0.3) is 21.8 Å². The number of hydrogen-bond donors (Lipinski definition) is 1. The normalized spacial score (nSPS) is 10.9. The van der Waals surface area contributed by atoms with Crippen molar-refractivity contribution in [2.24, 2.45) is 0 Å². The molecule has 2 aromatic carbocycles. The van der Waals surface area contributed by atoms with Crippen molar-refractivity contribution in [1.29, 1.82) is 0 Å². The minimum Gasteiger partial charge on any atom is -0.457 e. The third-order valence-electron chi connectivity index (χ3n) is 4.23. The van der Waals surface area contributed by atoms with Crippen molar-refractivity contribution in [3.63, 3.8) is 0 Å². The standard InChI is InChI=1S/C21H18N2O4/c1-3-25-21(24)27-20-13(2)19-16-11-15(26-14-7-5-4-6-8-14)9-10-17(16)23-18(19)12-22-20/h4-12,23H,3H2,1-2H3. The van der Waals surface area contributed by atoms with Gasteiger partial charge in [-0.3, -0.25) is 0 Å². The van der Waals surface area contributed by atoms with E-state index in [1.165, 1.54) is 0 Å². The number of rotatable bonds is 4. The fourth-order valence-electron chi connectivity index (χ4n) is 3.04. The van der Waals surface area contributed by atoms with E-state index in [9.17, 15) is 4.79 Å². The molecule has 0 bridgehead atoms. The first-order valence-corrected chi connectivity index (χ1v) is 8.64. The Morgan fingerprint density at radius 1 is 1.07 bits per heavy atom. The maximum atomic E-state index is 11.6. The second kappa shape index (κ2) is 6.99. The van der Waals surface area contributed by atoms with Crippen LogP contribution in [0.4, 0.5) is 4.79 Å². The molecule has 0 aliphatic rings. The van der Waals surface area contributed by atoms with Crippen LogP contribution in [0.5, 0.6) is 17.4 Å². The highest BCUT2D eigenvalue weighted by Crippen LogP contribution is 2.34. The average molecular weight is 362 g/mol. The van der Waals surface area contributed by atoms with E-state index >= 15 is 0 Å². The van der Waals surface area contributed by atoms with Gasteiger partial charge in [0.05, 0.1) is 18.3 Å². The lowest BCUT2D eigenvalue weighted by molar-refractivity contribution is 0.102. The lowest BCUT2D eigenvalue weighted by Gasteiger charge is -2.08. The average Bonchev–Trinajstić information content (AvgIpc) is 3.04. The summed E-state index contributed by atoms with van der Waals surface area (Å²) in [5, 5.41) is 1.89. The summed E-state index contributed by atoms with van der Waals surface area (Å²) in [4.78, 5) is 19.2. The molecule has 0 radical (unpaired) electrons. The molecule has 2 aromatic heterocycles. The zero-order chi connectivity index (χ0) is 18.8. The summed E-state index contributed by atoms with van der Waals surface area (Å²) in [5.41, 5.74) is 2.56. The second-order valence-corrected chi connectivity index (χ2v) is 6.01. The van der Waals surface area contributed by atoms with E-state index in [0.29, 0.717) is 0 Å². The Kier molecular flexibility index (Phi) is 4.38. The highest BCUT2D eigenvalue weighted by atomic mass is 16.7. The molecule has 6 heteroatoms. The summed E-state index contributed by atoms with van der Waals surface area (Å²) in [6, 6.07) is 15.4. The monoisotopic (exact) mass is 362 g/mol. The van der Waals surface area contributed by atoms with Crippen molar-refractivity contribution >= 4 is 28.0 Å². The van der Waals surface area contributed by atoms with Crippen molar-refractivity contribution < 1.29 is 19.0 Å². The molecule has 0 aliphatic carbocycles. The van der Waals surface area contributed by atoms with Gasteiger partial charge in [-0.25, -0.2) is 9.78 Å². The predicted molar refractivity (Wildman–Crippen MR) is 103 cm³/mol. The van der Waals surface area contributed by atoms with Gasteiger partial charge in [-0.15, -0.1) is 0 Å². The molecule has 1 N–H and O–H groups in total. The Balaban J connectivity index is 1.77. The summed E-state index contributed by atoms with van der Waals surface area (Å²) < 4.78 is 16.0. The van der Waals surface area contributed by atoms with Gasteiger partial charge in [0.25, 0.3) is 0 Å². The number of hydrogen-bond acceptors (Lipinski definition) is 5. The number of benzene rings is 2. The van der Waals surface area contributed by atoms with Gasteiger partial charge in [0, 0.05) is 21.9 Å². The van der Waals surface area contributed by atoms with Gasteiger partial charge in [-0.2, -0.15) is 0 Å². The van der Waals surface area contributed by atoms with Crippen LogP contribution in [-0.2, 0) is 4.74 Å². The highest BCUT2D eigenvalue weighted by molar-refractivity contribution is 6.09. The fourth-order valence-corrected chi connectivity index (χ4v) is 3.04. The Hall–Kier alpha value is -3.54. The second-order valence-electron chi connectivity index (χ2n) is 6.01. The SMILES string of the molecule is CCOC(=O)Oc1ncc2[nH]c3ccc(Oc4ccccc4)cc3c2c1C. The number of aryl methyl sites for hydroxylation is 1. The number of carbonyl (C=O) groups excluding carboxylic acids is 1. The topological polar surface area (TPSA) is 73.4 Å². The molecule has 0 atom stereocenters. The molecule has 0 saturated heterocycles. The molecular weight excluding hydrogens is 344 g/mol. The van der Waals surface area contributed by atoms with Crippen molar-refractivity contribution in [2.75, 3.05) is 6.61 Å². The quantitative estimate of drug-likeness (QED) is 0.495. The summed E-state index contributed by atoms with van der Waals surface area (Å²) in [6.07, 6.45) is 0.884. The van der Waals surface area contributed by atoms with E-state index in [1.54, 1.807) is 13.1 Å². The summed E-state index contributed by atoms with van der Waals surface area (Å²) in [5.74, 6) is 1.72. The van der Waals surface area contributed by atoms with Crippen molar-refractivity contribution in [3.05, 3.63) is 60.3 Å². The third kappa shape index (κ3) is 3.29. The van der Waals surface area contributed by atoms with Crippen LogP contribution in [0.2, 0.25) is 0 Å². The molecule has 136 valence electrons. The number of nitrogens with zero attached hydrogens (tertiary/aromatic N) is 1. The Morgan fingerprint density at radius 3 is 2.67 bits per heavy atom. The van der Waals surface area contributed by atoms with Gasteiger partial charge < -0.3 is 19.2 Å². The number of pyridine rings is 1. The number of aromatic amines is 1. The van der Waals surface area contributed by atoms with E-state index < -0.39 is 6.16 Å². The van der Waals surface area contributed by atoms with Crippen molar-refractivity contribution in [2.45, 2.75) is 13.8 Å². The van der Waals surface area contributed by atoms with Crippen LogP contribution in [0, 0.1) is 6.92 Å². The summed E-state index contributed by atoms with van der Waals surface area (Å²) in [7, 11) is 0. The zero-order valence-corrected chi connectivity index (χ0v) is 15.0. The zero-order valence-electron chi connectivity index (χ0n) is 15.0. The van der Waals surface area contributed by atoms with E-state index in [2.05, 4.69) is 9.97 Å². The minimum atomic E-state index is -0.764. The number of carbonyl (C=O) groups is 1. The van der Waals surface area contributed by atoms with Crippen LogP contribution in [-0.4, -0.2) is 22.7 Å². The number of nitrogens with one attached hydrogen (secondary N) is 1. The fraction of sp³-hybridized carbons (Fsp3) is 0.143. The van der Waals surface area contributed by atoms with Crippen LogP contribution in [0.3, 0.4) is 0 Å². The number of para-hydroxylation sites is 1. The number of fused-ring (bicyclic) bond motifs is 3. The van der Waals surface area contributed by atoms with Crippen molar-refractivity contribution in [1.82, 2.24) is 9.97 Å². The van der Waals surface area contributed by atoms with Crippen LogP contribution >= 0.6 is 0 Å². The van der Waals surface area contributed by atoms with Crippen LogP contribution < -0.4 is 9.47 Å². The van der Waals surface area contributed by atoms with Crippen LogP contribution in [0.1, 0.15) is 12.5 Å². The van der Waals surface area contributed by atoms with E-state index in [0.717, 1.165) is 38.9 Å². The summed E-state index contributed by atoms with van der Waals surface area (Å²) >= 11 is 0. The highest BCUT2D eigenvalue weighted by Gasteiger charge is 2.16. The molecule has 27 heavy (non-hydrogen) atoms. The van der Waals surface area contributed by atoms with E-state index in [1.807, 2.05) is 55.5 Å². The Bertz CT molecular complexity index is 1120. The molecular formula is C21H18N2O4. The molecule has 0 spiro atoms. The third-order valence-corrected chi connectivity index (χ3v) is 4.23. The molecule has 6 nitrogen and oxygen atoms in total. The minimum absolute atomic E-state index is 0.233. The van der Waals surface area contributed by atoms with Gasteiger partial charge in [-0.05, 0) is 44.2 Å². The van der Waals surface area contributed by atoms with E-state index in [-0.39, 0.29) is 12.5 Å². The van der Waals surface area contributed by atoms with Crippen molar-refractivity contribution in [3.8, 4) is 17.4 Å². The Labute approximate surface area is 155 Å². The smallest absolute Gasteiger partial charge is 0.457 e. The number of H-pyrrole nitrogens is 1. The van der Waals surface area contributed by atoms with Gasteiger partial charge in [-0.1, -0.05) is 18.2 Å². The van der Waals surface area contributed by atoms with E-state index in [4.69, 9.17) is 14.2 Å². The molecule has 0 aliphatic heterocycles. The molecule has 2 heterocycles. The molecule has 4 rings (SSSR count). The first-order valence-electron chi connectivity index (χ1n) is 8.64. The predicted octanol–water partition coefficient (Wildman–Crippen LogP) is 5.35.